The molecule has 0 aliphatic rings. The second kappa shape index (κ2) is 8.48. The molecule has 23 heavy (non-hydrogen) atoms. The van der Waals surface area contributed by atoms with E-state index in [2.05, 4.69) is 22.5 Å². The number of carbonyl (C=O) groups excluding carboxylic acids is 1. The average molecular weight is 315 g/mol. The van der Waals surface area contributed by atoms with Gasteiger partial charge in [-0.05, 0) is 49.4 Å². The SMILES string of the molecule is CCCC(CCO)CNC(=O)Nc1cc(C)cc2cccnc12. The van der Waals surface area contributed by atoms with Crippen molar-refractivity contribution in [2.45, 2.75) is 33.1 Å². The van der Waals surface area contributed by atoms with Crippen molar-refractivity contribution in [2.75, 3.05) is 18.5 Å². The molecule has 0 fully saturated rings. The number of pyridine rings is 1. The number of aliphatic hydroxyl groups excluding tert-OH is 1. The fraction of sp³-hybridized carbons (Fsp3) is 0.444. The number of benzene rings is 1. The van der Waals surface area contributed by atoms with E-state index in [-0.39, 0.29) is 12.6 Å². The molecular formula is C18H25N3O2. The van der Waals surface area contributed by atoms with Crippen molar-refractivity contribution in [2.24, 2.45) is 5.92 Å². The number of anilines is 1. The number of aromatic nitrogens is 1. The lowest BCUT2D eigenvalue weighted by Gasteiger charge is -2.16. The van der Waals surface area contributed by atoms with Crippen LogP contribution in [0.2, 0.25) is 0 Å². The molecule has 0 spiro atoms. The third-order valence-corrected chi connectivity index (χ3v) is 3.88. The molecule has 0 saturated carbocycles. The van der Waals surface area contributed by atoms with Gasteiger partial charge in [0.1, 0.15) is 0 Å². The number of carbonyl (C=O) groups is 1. The first kappa shape index (κ1) is 17.2. The van der Waals surface area contributed by atoms with Crippen LogP contribution in [0.25, 0.3) is 10.9 Å². The van der Waals surface area contributed by atoms with E-state index in [0.29, 0.717) is 24.6 Å². The van der Waals surface area contributed by atoms with Crippen LogP contribution in [0.1, 0.15) is 31.7 Å². The summed E-state index contributed by atoms with van der Waals surface area (Å²) < 4.78 is 0. The largest absolute Gasteiger partial charge is 0.396 e. The number of aliphatic hydroxyl groups is 1. The Morgan fingerprint density at radius 1 is 1.35 bits per heavy atom. The second-order valence-electron chi connectivity index (χ2n) is 5.89. The second-order valence-corrected chi connectivity index (χ2v) is 5.89. The molecule has 1 atom stereocenters. The van der Waals surface area contributed by atoms with E-state index in [1.54, 1.807) is 6.20 Å². The molecule has 2 amide bonds. The van der Waals surface area contributed by atoms with Crippen LogP contribution >= 0.6 is 0 Å². The summed E-state index contributed by atoms with van der Waals surface area (Å²) in [5.74, 6) is 0.308. The van der Waals surface area contributed by atoms with Crippen LogP contribution in [0.3, 0.4) is 0 Å². The normalized spacial score (nSPS) is 12.1. The molecule has 2 rings (SSSR count). The van der Waals surface area contributed by atoms with Gasteiger partial charge >= 0.3 is 6.03 Å². The molecule has 0 bridgehead atoms. The van der Waals surface area contributed by atoms with Gasteiger partial charge < -0.3 is 15.7 Å². The summed E-state index contributed by atoms with van der Waals surface area (Å²) >= 11 is 0. The number of fused-ring (bicyclic) bond motifs is 1. The first-order valence-corrected chi connectivity index (χ1v) is 8.15. The van der Waals surface area contributed by atoms with E-state index in [4.69, 9.17) is 5.11 Å². The van der Waals surface area contributed by atoms with Crippen LogP contribution in [0.4, 0.5) is 10.5 Å². The molecule has 124 valence electrons. The van der Waals surface area contributed by atoms with Crippen molar-refractivity contribution < 1.29 is 9.90 Å². The molecule has 0 saturated heterocycles. The standard InChI is InChI=1S/C18H25N3O2/c1-3-5-14(7-9-22)12-20-18(23)21-16-11-13(2)10-15-6-4-8-19-17(15)16/h4,6,8,10-11,14,22H,3,5,7,9,12H2,1-2H3,(H2,20,21,23). The third kappa shape index (κ3) is 4.93. The monoisotopic (exact) mass is 315 g/mol. The Hall–Kier alpha value is -2.14. The average Bonchev–Trinajstić information content (AvgIpc) is 2.53. The molecule has 1 aromatic heterocycles. The Morgan fingerprint density at radius 3 is 2.91 bits per heavy atom. The number of aryl methyl sites for hydroxylation is 1. The van der Waals surface area contributed by atoms with E-state index < -0.39 is 0 Å². The number of hydrogen-bond donors (Lipinski definition) is 3. The zero-order chi connectivity index (χ0) is 16.7. The number of nitrogens with zero attached hydrogens (tertiary/aromatic N) is 1. The molecule has 3 N–H and O–H groups in total. The number of hydrogen-bond acceptors (Lipinski definition) is 3. The Balaban J connectivity index is 2.03. The molecule has 0 aliphatic carbocycles. The lowest BCUT2D eigenvalue weighted by atomic mass is 10.0. The van der Waals surface area contributed by atoms with Gasteiger partial charge in [0, 0.05) is 24.7 Å². The van der Waals surface area contributed by atoms with Crippen LogP contribution < -0.4 is 10.6 Å². The summed E-state index contributed by atoms with van der Waals surface area (Å²) in [4.78, 5) is 16.5. The lowest BCUT2D eigenvalue weighted by Crippen LogP contribution is -2.33. The smallest absolute Gasteiger partial charge is 0.319 e. The number of nitrogens with one attached hydrogen (secondary N) is 2. The predicted octanol–water partition coefficient (Wildman–Crippen LogP) is 3.46. The minimum atomic E-state index is -0.235. The van der Waals surface area contributed by atoms with Crippen LogP contribution in [-0.2, 0) is 0 Å². The maximum Gasteiger partial charge on any atom is 0.319 e. The Labute approximate surface area is 137 Å². The highest BCUT2D eigenvalue weighted by Crippen LogP contribution is 2.23. The first-order valence-electron chi connectivity index (χ1n) is 8.15. The maximum absolute atomic E-state index is 12.2. The van der Waals surface area contributed by atoms with Gasteiger partial charge in [-0.1, -0.05) is 19.4 Å². The van der Waals surface area contributed by atoms with Crippen LogP contribution in [0.15, 0.2) is 30.5 Å². The van der Waals surface area contributed by atoms with E-state index in [1.807, 2.05) is 31.2 Å². The van der Waals surface area contributed by atoms with Gasteiger partial charge in [0.25, 0.3) is 0 Å². The van der Waals surface area contributed by atoms with Gasteiger partial charge in [-0.3, -0.25) is 4.98 Å². The Morgan fingerprint density at radius 2 is 2.17 bits per heavy atom. The summed E-state index contributed by atoms with van der Waals surface area (Å²) in [7, 11) is 0. The van der Waals surface area contributed by atoms with Crippen molar-refractivity contribution in [1.82, 2.24) is 10.3 Å². The maximum atomic E-state index is 12.2. The van der Waals surface area contributed by atoms with Crippen molar-refractivity contribution in [3.05, 3.63) is 36.0 Å². The zero-order valence-corrected chi connectivity index (χ0v) is 13.8. The van der Waals surface area contributed by atoms with Crippen LogP contribution in [0.5, 0.6) is 0 Å². The molecular weight excluding hydrogens is 290 g/mol. The molecule has 0 aliphatic heterocycles. The molecule has 1 heterocycles. The minimum Gasteiger partial charge on any atom is -0.396 e. The minimum absolute atomic E-state index is 0.153. The zero-order valence-electron chi connectivity index (χ0n) is 13.8. The first-order chi connectivity index (χ1) is 11.1. The fourth-order valence-corrected chi connectivity index (χ4v) is 2.78. The van der Waals surface area contributed by atoms with Crippen molar-refractivity contribution in [3.63, 3.8) is 0 Å². The van der Waals surface area contributed by atoms with E-state index in [0.717, 1.165) is 29.3 Å². The summed E-state index contributed by atoms with van der Waals surface area (Å²) in [6.07, 6.45) is 4.47. The summed E-state index contributed by atoms with van der Waals surface area (Å²) in [6, 6.07) is 7.60. The number of rotatable bonds is 7. The number of urea groups is 1. The summed E-state index contributed by atoms with van der Waals surface area (Å²) in [5.41, 5.74) is 2.57. The van der Waals surface area contributed by atoms with Crippen molar-refractivity contribution >= 4 is 22.6 Å². The summed E-state index contributed by atoms with van der Waals surface area (Å²) in [6.45, 7) is 4.82. The van der Waals surface area contributed by atoms with Gasteiger partial charge in [-0.25, -0.2) is 4.79 Å². The topological polar surface area (TPSA) is 74.2 Å². The van der Waals surface area contributed by atoms with E-state index in [9.17, 15) is 4.79 Å². The Kier molecular flexibility index (Phi) is 6.35. The van der Waals surface area contributed by atoms with Gasteiger partial charge in [0.15, 0.2) is 0 Å². The molecule has 0 radical (unpaired) electrons. The quantitative estimate of drug-likeness (QED) is 0.732. The predicted molar refractivity (Wildman–Crippen MR) is 93.6 cm³/mol. The Bertz CT molecular complexity index is 652. The highest BCUT2D eigenvalue weighted by molar-refractivity contribution is 5.99. The third-order valence-electron chi connectivity index (χ3n) is 3.88. The van der Waals surface area contributed by atoms with E-state index in [1.165, 1.54) is 0 Å². The fourth-order valence-electron chi connectivity index (χ4n) is 2.78. The van der Waals surface area contributed by atoms with Crippen LogP contribution in [0, 0.1) is 12.8 Å². The lowest BCUT2D eigenvalue weighted by molar-refractivity contribution is 0.237. The molecule has 1 aromatic carbocycles. The van der Waals surface area contributed by atoms with Gasteiger partial charge in [0.2, 0.25) is 0 Å². The van der Waals surface area contributed by atoms with Gasteiger partial charge in [-0.2, -0.15) is 0 Å². The summed E-state index contributed by atoms with van der Waals surface area (Å²) in [5, 5.41) is 15.9. The molecule has 1 unspecified atom stereocenters. The van der Waals surface area contributed by atoms with Gasteiger partial charge in [-0.15, -0.1) is 0 Å². The van der Waals surface area contributed by atoms with Crippen molar-refractivity contribution in [1.29, 1.82) is 0 Å². The molecule has 5 nitrogen and oxygen atoms in total. The number of amides is 2. The van der Waals surface area contributed by atoms with Crippen LogP contribution in [-0.4, -0.2) is 29.3 Å². The molecule has 5 heteroatoms. The van der Waals surface area contributed by atoms with E-state index >= 15 is 0 Å². The molecule has 2 aromatic rings. The van der Waals surface area contributed by atoms with Crippen molar-refractivity contribution in [3.8, 4) is 0 Å². The highest BCUT2D eigenvalue weighted by Gasteiger charge is 2.11. The highest BCUT2D eigenvalue weighted by atomic mass is 16.3. The van der Waals surface area contributed by atoms with Gasteiger partial charge in [0.05, 0.1) is 11.2 Å².